The number of carbonyl (C=O) groups excluding carboxylic acids is 2. The van der Waals surface area contributed by atoms with Crippen molar-refractivity contribution in [1.29, 1.82) is 0 Å². The van der Waals surface area contributed by atoms with Crippen molar-refractivity contribution in [2.75, 3.05) is 19.4 Å². The van der Waals surface area contributed by atoms with E-state index in [1.807, 2.05) is 36.1 Å². The van der Waals surface area contributed by atoms with Gasteiger partial charge in [0.05, 0.1) is 24.4 Å². The van der Waals surface area contributed by atoms with Gasteiger partial charge in [0.15, 0.2) is 5.78 Å². The maximum absolute atomic E-state index is 13.3. The molecule has 2 N–H and O–H groups in total. The first-order valence-corrected chi connectivity index (χ1v) is 10.9. The van der Waals surface area contributed by atoms with Crippen molar-refractivity contribution in [2.45, 2.75) is 6.54 Å². The van der Waals surface area contributed by atoms with Crippen molar-refractivity contribution < 1.29 is 14.3 Å². The van der Waals surface area contributed by atoms with E-state index in [-0.39, 0.29) is 18.2 Å². The Balaban J connectivity index is 1.43. The van der Waals surface area contributed by atoms with Crippen molar-refractivity contribution in [3.8, 4) is 16.9 Å². The zero-order valence-electron chi connectivity index (χ0n) is 19.0. The molecular weight excluding hydrogens is 428 g/mol. The molecule has 0 radical (unpaired) electrons. The number of nitrogens with two attached hydrogens (primary N) is 1. The number of hydrogen-bond donors (Lipinski definition) is 1. The number of amides is 1. The molecule has 170 valence electrons. The van der Waals surface area contributed by atoms with E-state index >= 15 is 0 Å². The average Bonchev–Trinajstić information content (AvgIpc) is 3.38. The number of carbonyl (C=O) groups is 2. The monoisotopic (exact) mass is 452 g/mol. The molecule has 7 nitrogen and oxygen atoms in total. The highest BCUT2D eigenvalue weighted by Crippen LogP contribution is 2.37. The van der Waals surface area contributed by atoms with E-state index in [1.165, 1.54) is 0 Å². The Bertz CT molecular complexity index is 1470. The van der Waals surface area contributed by atoms with Crippen LogP contribution in [0.1, 0.15) is 26.3 Å². The molecule has 0 atom stereocenters. The molecule has 0 saturated carbocycles. The van der Waals surface area contributed by atoms with Crippen LogP contribution in [0.4, 0.5) is 5.69 Å². The summed E-state index contributed by atoms with van der Waals surface area (Å²) < 4.78 is 6.97. The molecule has 1 amide bonds. The van der Waals surface area contributed by atoms with Gasteiger partial charge >= 0.3 is 0 Å². The van der Waals surface area contributed by atoms with Gasteiger partial charge in [0.1, 0.15) is 5.75 Å². The van der Waals surface area contributed by atoms with Crippen molar-refractivity contribution in [3.05, 3.63) is 89.6 Å². The number of aromatic nitrogens is 2. The molecule has 0 fully saturated rings. The summed E-state index contributed by atoms with van der Waals surface area (Å²) in [5, 5.41) is 5.36. The minimum Gasteiger partial charge on any atom is -0.497 e. The topological polar surface area (TPSA) is 90.5 Å². The Morgan fingerprint density at radius 1 is 1.15 bits per heavy atom. The zero-order chi connectivity index (χ0) is 24.0. The summed E-state index contributed by atoms with van der Waals surface area (Å²) in [6.07, 6.45) is 1.82. The second-order valence-corrected chi connectivity index (χ2v) is 8.42. The van der Waals surface area contributed by atoms with Gasteiger partial charge in [0, 0.05) is 42.3 Å². The second-order valence-electron chi connectivity index (χ2n) is 8.42. The molecule has 0 unspecified atom stereocenters. The van der Waals surface area contributed by atoms with Gasteiger partial charge in [-0.15, -0.1) is 0 Å². The highest BCUT2D eigenvalue weighted by atomic mass is 16.5. The lowest BCUT2D eigenvalue weighted by atomic mass is 9.95. The quantitative estimate of drug-likeness (QED) is 0.269. The van der Waals surface area contributed by atoms with Gasteiger partial charge in [0.25, 0.3) is 5.91 Å². The number of hydrogen-bond acceptors (Lipinski definition) is 5. The lowest BCUT2D eigenvalue weighted by molar-refractivity contribution is 0.0789. The molecule has 3 aromatic carbocycles. The Morgan fingerprint density at radius 2 is 1.91 bits per heavy atom. The van der Waals surface area contributed by atoms with Gasteiger partial charge in [0.2, 0.25) is 0 Å². The van der Waals surface area contributed by atoms with Gasteiger partial charge in [-0.3, -0.25) is 14.3 Å². The Labute approximate surface area is 197 Å². The minimum absolute atomic E-state index is 0.123. The van der Waals surface area contributed by atoms with E-state index < -0.39 is 0 Å². The molecule has 0 saturated heterocycles. The van der Waals surface area contributed by atoms with Crippen LogP contribution in [-0.4, -0.2) is 40.0 Å². The smallest absolute Gasteiger partial charge is 0.256 e. The van der Waals surface area contributed by atoms with Crippen LogP contribution in [0, 0.1) is 0 Å². The highest BCUT2D eigenvalue weighted by molar-refractivity contribution is 6.10. The first kappa shape index (κ1) is 21.5. The fraction of sp³-hybridized carbons (Fsp3) is 0.148. The predicted molar refractivity (Wildman–Crippen MR) is 132 cm³/mol. The molecule has 4 aromatic rings. The van der Waals surface area contributed by atoms with Crippen LogP contribution in [0.5, 0.6) is 5.75 Å². The van der Waals surface area contributed by atoms with Crippen LogP contribution >= 0.6 is 0 Å². The van der Waals surface area contributed by atoms with Gasteiger partial charge in [-0.05, 0) is 53.1 Å². The average molecular weight is 453 g/mol. The standard InChI is InChI=1S/C27H24N4O3/c1-16(26(32)17-6-8-20(34-3)9-7-17)14-31-15-22-21(10-11-23(28)25(22)27(31)33)18-4-5-19-13-29-30(2)24(19)12-18/h4-13H,1,14-15,28H2,2-3H3. The summed E-state index contributed by atoms with van der Waals surface area (Å²) in [6, 6.07) is 16.6. The number of ether oxygens (including phenoxy) is 1. The van der Waals surface area contributed by atoms with E-state index in [4.69, 9.17) is 10.5 Å². The molecule has 0 bridgehead atoms. The molecule has 1 aromatic heterocycles. The van der Waals surface area contributed by atoms with Gasteiger partial charge in [-0.1, -0.05) is 24.8 Å². The maximum atomic E-state index is 13.3. The molecule has 7 heteroatoms. The Morgan fingerprint density at radius 3 is 2.65 bits per heavy atom. The lowest BCUT2D eigenvalue weighted by Crippen LogP contribution is -2.28. The molecule has 1 aliphatic heterocycles. The largest absolute Gasteiger partial charge is 0.497 e. The third-order valence-electron chi connectivity index (χ3n) is 6.31. The van der Waals surface area contributed by atoms with E-state index in [9.17, 15) is 9.59 Å². The normalized spacial score (nSPS) is 12.8. The summed E-state index contributed by atoms with van der Waals surface area (Å²) in [4.78, 5) is 27.8. The number of anilines is 1. The first-order chi connectivity index (χ1) is 16.4. The fourth-order valence-electron chi connectivity index (χ4n) is 4.46. The van der Waals surface area contributed by atoms with Gasteiger partial charge in [-0.2, -0.15) is 5.10 Å². The number of methoxy groups -OCH3 is 1. The number of aryl methyl sites for hydroxylation is 1. The molecular formula is C27H24N4O3. The van der Waals surface area contributed by atoms with E-state index in [2.05, 4.69) is 17.7 Å². The summed E-state index contributed by atoms with van der Waals surface area (Å²) in [6.45, 7) is 4.44. The third-order valence-corrected chi connectivity index (χ3v) is 6.31. The Kier molecular flexibility index (Phi) is 5.17. The number of nitrogens with zero attached hydrogens (tertiary/aromatic N) is 3. The number of nitrogen functional groups attached to an aromatic ring is 1. The van der Waals surface area contributed by atoms with Crippen LogP contribution in [0.2, 0.25) is 0 Å². The molecule has 34 heavy (non-hydrogen) atoms. The van der Waals surface area contributed by atoms with Crippen molar-refractivity contribution in [1.82, 2.24) is 14.7 Å². The third kappa shape index (κ3) is 3.51. The SMILES string of the molecule is C=C(CN1Cc2c(-c3ccc4cnn(C)c4c3)ccc(N)c2C1=O)C(=O)c1ccc(OC)cc1. The number of ketones is 1. The van der Waals surface area contributed by atoms with Crippen LogP contribution in [0.25, 0.3) is 22.0 Å². The molecule has 2 heterocycles. The van der Waals surface area contributed by atoms with E-state index in [0.29, 0.717) is 34.7 Å². The molecule has 5 rings (SSSR count). The van der Waals surface area contributed by atoms with E-state index in [0.717, 1.165) is 27.6 Å². The maximum Gasteiger partial charge on any atom is 0.256 e. The number of benzene rings is 3. The van der Waals surface area contributed by atoms with Crippen molar-refractivity contribution in [2.24, 2.45) is 7.05 Å². The van der Waals surface area contributed by atoms with E-state index in [1.54, 1.807) is 42.3 Å². The molecule has 0 aliphatic carbocycles. The molecule has 1 aliphatic rings. The van der Waals surface area contributed by atoms with Crippen LogP contribution < -0.4 is 10.5 Å². The number of fused-ring (bicyclic) bond motifs is 2. The first-order valence-electron chi connectivity index (χ1n) is 10.9. The predicted octanol–water partition coefficient (Wildman–Crippen LogP) is 4.23. The van der Waals surface area contributed by atoms with Crippen LogP contribution in [0.15, 0.2) is 72.9 Å². The van der Waals surface area contributed by atoms with Crippen molar-refractivity contribution >= 4 is 28.3 Å². The van der Waals surface area contributed by atoms with Gasteiger partial charge < -0.3 is 15.4 Å². The zero-order valence-corrected chi connectivity index (χ0v) is 19.0. The van der Waals surface area contributed by atoms with Crippen LogP contribution in [-0.2, 0) is 13.6 Å². The van der Waals surface area contributed by atoms with Crippen LogP contribution in [0.3, 0.4) is 0 Å². The Hall–Kier alpha value is -4.39. The lowest BCUT2D eigenvalue weighted by Gasteiger charge is -2.17. The second kappa shape index (κ2) is 8.19. The summed E-state index contributed by atoms with van der Waals surface area (Å²) in [5.41, 5.74) is 11.8. The number of Topliss-reactive ketones (excluding diaryl/α,β-unsaturated/α-hetero) is 1. The van der Waals surface area contributed by atoms with Crippen molar-refractivity contribution in [3.63, 3.8) is 0 Å². The fourth-order valence-corrected chi connectivity index (χ4v) is 4.46. The summed E-state index contributed by atoms with van der Waals surface area (Å²) >= 11 is 0. The number of rotatable bonds is 6. The molecule has 0 spiro atoms. The summed E-state index contributed by atoms with van der Waals surface area (Å²) in [5.74, 6) is 0.264. The minimum atomic E-state index is -0.207. The van der Waals surface area contributed by atoms with Gasteiger partial charge in [-0.25, -0.2) is 0 Å². The summed E-state index contributed by atoms with van der Waals surface area (Å²) in [7, 11) is 3.47. The highest BCUT2D eigenvalue weighted by Gasteiger charge is 2.33.